The van der Waals surface area contributed by atoms with Gasteiger partial charge in [0.15, 0.2) is 11.2 Å². The van der Waals surface area contributed by atoms with Gasteiger partial charge in [-0.25, -0.2) is 16.8 Å². The van der Waals surface area contributed by atoms with E-state index in [1.165, 1.54) is 46.5 Å². The van der Waals surface area contributed by atoms with E-state index >= 15 is 0 Å². The van der Waals surface area contributed by atoms with Crippen LogP contribution in [-0.2, 0) is 24.8 Å². The predicted octanol–water partition coefficient (Wildman–Crippen LogP) is 6.06. The number of amidine groups is 1. The second-order valence-electron chi connectivity index (χ2n) is 9.70. The Bertz CT molecular complexity index is 2010. The lowest BCUT2D eigenvalue weighted by molar-refractivity contribution is -0.344. The Morgan fingerprint density at radius 3 is 1.40 bits per heavy atom. The highest BCUT2D eigenvalue weighted by molar-refractivity contribution is 8.45. The van der Waals surface area contributed by atoms with Gasteiger partial charge in [0, 0.05) is 12.3 Å². The molecule has 1 aromatic heterocycles. The number of anilines is 1. The number of carboxylic acid groups (broad SMARTS) is 1. The first-order valence-corrected chi connectivity index (χ1v) is 19.4. The van der Waals surface area contributed by atoms with Crippen molar-refractivity contribution >= 4 is 57.8 Å². The van der Waals surface area contributed by atoms with Crippen molar-refractivity contribution < 1.29 is 39.9 Å². The molecule has 16 heteroatoms. The summed E-state index contributed by atoms with van der Waals surface area (Å²) in [6.45, 7) is 0. The Morgan fingerprint density at radius 1 is 0.750 bits per heavy atom. The summed E-state index contributed by atoms with van der Waals surface area (Å²) < 4.78 is 88.5. The van der Waals surface area contributed by atoms with Gasteiger partial charge >= 0.3 is 6.18 Å². The van der Waals surface area contributed by atoms with Gasteiger partial charge in [0.25, 0.3) is 20.0 Å². The SMILES string of the molecule is CS[s+]1cc(N(S(=O)(=O)c2ccc(-c3ccccc3)cc2)S(=O)(=O)c2ccc(-c3ccccc3)cc2)cc1C(=N)N.O=C([O-])C(F)(F)F. The zero-order valence-electron chi connectivity index (χ0n) is 24.8. The van der Waals surface area contributed by atoms with E-state index in [0.29, 0.717) is 8.59 Å². The van der Waals surface area contributed by atoms with Crippen LogP contribution in [0.5, 0.6) is 0 Å². The van der Waals surface area contributed by atoms with Gasteiger partial charge in [0.2, 0.25) is 4.88 Å². The summed E-state index contributed by atoms with van der Waals surface area (Å²) in [5.74, 6) is -3.25. The quantitative estimate of drug-likeness (QED) is 0.0800. The molecule has 1 unspecified atom stereocenters. The van der Waals surface area contributed by atoms with Crippen LogP contribution in [0.25, 0.3) is 22.3 Å². The third kappa shape index (κ3) is 8.07. The maximum absolute atomic E-state index is 14.1. The number of nitrogens with two attached hydrogens (primary N) is 1. The maximum Gasteiger partial charge on any atom is 0.430 e. The summed E-state index contributed by atoms with van der Waals surface area (Å²) in [6.07, 6.45) is -3.41. The summed E-state index contributed by atoms with van der Waals surface area (Å²) in [7, 11) is -8.68. The molecule has 0 saturated heterocycles. The monoisotopic (exact) mass is 733 g/mol. The Morgan fingerprint density at radius 2 is 1.10 bits per heavy atom. The van der Waals surface area contributed by atoms with Gasteiger partial charge in [0.05, 0.1) is 19.3 Å². The number of benzene rings is 4. The van der Waals surface area contributed by atoms with Crippen molar-refractivity contribution in [1.82, 2.24) is 0 Å². The van der Waals surface area contributed by atoms with Gasteiger partial charge in [-0.3, -0.25) is 5.41 Å². The minimum absolute atomic E-state index is 0.0767. The van der Waals surface area contributed by atoms with Crippen molar-refractivity contribution in [2.45, 2.75) is 16.0 Å². The number of rotatable bonds is 9. The number of halogens is 3. The predicted molar refractivity (Wildman–Crippen MR) is 181 cm³/mol. The molecule has 48 heavy (non-hydrogen) atoms. The normalized spacial score (nSPS) is 12.0. The number of carbonyl (C=O) groups is 1. The lowest BCUT2D eigenvalue weighted by atomic mass is 10.1. The molecule has 3 N–H and O–H groups in total. The number of carbonyl (C=O) groups excluding carboxylic acids is 1. The number of alkyl halides is 3. The smallest absolute Gasteiger partial charge is 0.430 e. The molecule has 5 rings (SSSR count). The first-order chi connectivity index (χ1) is 22.6. The zero-order chi connectivity index (χ0) is 35.3. The van der Waals surface area contributed by atoms with Gasteiger partial charge in [-0.1, -0.05) is 84.9 Å². The fourth-order valence-electron chi connectivity index (χ4n) is 4.32. The van der Waals surface area contributed by atoms with Gasteiger partial charge in [0.1, 0.15) is 22.5 Å². The van der Waals surface area contributed by atoms with Gasteiger partial charge in [-0.05, 0) is 46.5 Å². The van der Waals surface area contributed by atoms with Gasteiger partial charge < -0.3 is 15.6 Å². The second-order valence-corrected chi connectivity index (χ2v) is 17.2. The third-order valence-corrected chi connectivity index (χ3v) is 14.3. The van der Waals surface area contributed by atoms with Crippen molar-refractivity contribution in [3.63, 3.8) is 0 Å². The lowest BCUT2D eigenvalue weighted by Crippen LogP contribution is -2.37. The summed E-state index contributed by atoms with van der Waals surface area (Å²) in [5.41, 5.74) is 9.07. The molecule has 9 nitrogen and oxygen atoms in total. The molecular weight excluding hydrogens is 708 g/mol. The summed E-state index contributed by atoms with van der Waals surface area (Å²) in [6, 6.07) is 32.5. The van der Waals surface area contributed by atoms with Crippen LogP contribution >= 0.6 is 20.3 Å². The van der Waals surface area contributed by atoms with Crippen LogP contribution in [0.15, 0.2) is 130 Å². The number of hydrogen-bond acceptors (Lipinski definition) is 8. The molecule has 0 aliphatic rings. The molecule has 0 saturated carbocycles. The number of aliphatic carboxylic acids is 1. The van der Waals surface area contributed by atoms with Crippen molar-refractivity contribution in [3.8, 4) is 22.3 Å². The number of nitrogen functional groups attached to an aromatic ring is 1. The number of nitrogens with zero attached hydrogens (tertiary/aromatic N) is 1. The summed E-state index contributed by atoms with van der Waals surface area (Å²) in [5, 5.41) is 18.3. The molecule has 250 valence electrons. The Labute approximate surface area is 281 Å². The Hall–Kier alpha value is -4.64. The van der Waals surface area contributed by atoms with Crippen molar-refractivity contribution in [2.75, 3.05) is 9.97 Å². The van der Waals surface area contributed by atoms with E-state index in [0.717, 1.165) is 22.3 Å². The zero-order valence-corrected chi connectivity index (χ0v) is 28.1. The van der Waals surface area contributed by atoms with E-state index < -0.39 is 41.7 Å². The van der Waals surface area contributed by atoms with Crippen LogP contribution in [0.4, 0.5) is 18.9 Å². The van der Waals surface area contributed by atoms with Gasteiger partial charge in [-0.2, -0.15) is 16.9 Å². The number of hydrogen-bond donors (Lipinski definition) is 2. The van der Waals surface area contributed by atoms with Crippen LogP contribution < -0.4 is 14.6 Å². The largest absolute Gasteiger partial charge is 0.542 e. The lowest BCUT2D eigenvalue weighted by Gasteiger charge is -2.22. The van der Waals surface area contributed by atoms with Crippen LogP contribution in [-0.4, -0.2) is 41.1 Å². The molecule has 1 heterocycles. The number of carboxylic acids is 1. The average molecular weight is 734 g/mol. The van der Waals surface area contributed by atoms with E-state index in [2.05, 4.69) is 0 Å². The van der Waals surface area contributed by atoms with E-state index in [1.807, 2.05) is 60.7 Å². The van der Waals surface area contributed by atoms with E-state index in [1.54, 1.807) is 30.5 Å². The minimum atomic E-state index is -5.19. The first kappa shape index (κ1) is 36.2. The Balaban J connectivity index is 0.000000671. The molecule has 1 atom stereocenters. The highest BCUT2D eigenvalue weighted by atomic mass is 33.1. The van der Waals surface area contributed by atoms with Crippen molar-refractivity contribution in [1.29, 1.82) is 5.41 Å². The molecule has 0 aliphatic heterocycles. The molecular formula is C32H26F3N3O6S4. The first-order valence-electron chi connectivity index (χ1n) is 13.5. The summed E-state index contributed by atoms with van der Waals surface area (Å²) in [4.78, 5) is 8.78. The maximum atomic E-state index is 14.1. The van der Waals surface area contributed by atoms with E-state index in [-0.39, 0.29) is 21.3 Å². The molecule has 0 fully saturated rings. The van der Waals surface area contributed by atoms with Crippen LogP contribution in [0, 0.1) is 5.41 Å². The minimum Gasteiger partial charge on any atom is -0.542 e. The van der Waals surface area contributed by atoms with Gasteiger partial charge in [-0.15, -0.1) is 0 Å². The highest BCUT2D eigenvalue weighted by Crippen LogP contribution is 2.43. The van der Waals surface area contributed by atoms with Crippen LogP contribution in [0.3, 0.4) is 0 Å². The third-order valence-electron chi connectivity index (χ3n) is 6.57. The van der Waals surface area contributed by atoms with Crippen molar-refractivity contribution in [2.24, 2.45) is 5.73 Å². The van der Waals surface area contributed by atoms with Crippen molar-refractivity contribution in [3.05, 3.63) is 126 Å². The molecule has 0 bridgehead atoms. The van der Waals surface area contributed by atoms with Crippen LogP contribution in [0.2, 0.25) is 0 Å². The van der Waals surface area contributed by atoms with E-state index in [9.17, 15) is 30.0 Å². The Kier molecular flexibility index (Phi) is 11.0. The molecule has 0 radical (unpaired) electrons. The summed E-state index contributed by atoms with van der Waals surface area (Å²) >= 11 is 0. The standard InChI is InChI=1S/C30H26N3O4S4.C2HF3O2/c1-38-39-21-26(20-29(39)30(31)32)33(40(34,35)27-16-12-24(13-17-27)22-8-4-2-5-9-22)41(36,37)28-18-14-25(15-19-28)23-10-6-3-7-11-23;3-2(4,5)1(6)7/h2-21H,1H3,(H3,31,32);(H,6,7)/q+1;/p-1. The molecule has 0 aliphatic carbocycles. The fraction of sp³-hybridized carbons (Fsp3) is 0.0625. The second kappa shape index (κ2) is 14.6. The molecule has 4 aromatic carbocycles. The number of sulfonamides is 2. The van der Waals surface area contributed by atoms with E-state index in [4.69, 9.17) is 21.0 Å². The average Bonchev–Trinajstić information content (AvgIpc) is 3.49. The molecule has 0 amide bonds. The number of nitrogens with one attached hydrogen (secondary N) is 1. The highest BCUT2D eigenvalue weighted by Gasteiger charge is 2.40. The molecule has 0 spiro atoms. The molecule has 5 aromatic rings. The fourth-order valence-corrected chi connectivity index (χ4v) is 10.9. The number of thiophene rings is 1. The topological polar surface area (TPSA) is 162 Å². The van der Waals surface area contributed by atoms with Crippen LogP contribution in [0.1, 0.15) is 4.88 Å².